The van der Waals surface area contributed by atoms with E-state index < -0.39 is 11.7 Å². The lowest BCUT2D eigenvalue weighted by molar-refractivity contribution is -0.137. The molecule has 1 aromatic carbocycles. The smallest absolute Gasteiger partial charge is 0.416 e. The third-order valence-electron chi connectivity index (χ3n) is 2.13. The van der Waals surface area contributed by atoms with Crippen molar-refractivity contribution in [2.45, 2.75) is 12.3 Å². The van der Waals surface area contributed by atoms with Gasteiger partial charge in [0.2, 0.25) is 0 Å². The van der Waals surface area contributed by atoms with Crippen LogP contribution in [0.1, 0.15) is 5.56 Å². The second-order valence-electron chi connectivity index (χ2n) is 3.35. The molecule has 1 aliphatic rings. The minimum atomic E-state index is -4.32. The molecule has 2 rings (SSSR count). The zero-order chi connectivity index (χ0) is 10.9. The third-order valence-corrected chi connectivity index (χ3v) is 2.13. The number of hydrogen-bond donors (Lipinski definition) is 0. The number of halogens is 3. The fraction of sp³-hybridized carbons (Fsp3) is 0.400. The van der Waals surface area contributed by atoms with E-state index in [1.807, 2.05) is 0 Å². The molecule has 15 heavy (non-hydrogen) atoms. The monoisotopic (exact) mass is 216 g/mol. The molecular weight excluding hydrogens is 207 g/mol. The Morgan fingerprint density at radius 3 is 2.53 bits per heavy atom. The minimum absolute atomic E-state index is 0.0616. The number of hydrogen-bond acceptors (Lipinski definition) is 1. The average molecular weight is 216 g/mol. The second-order valence-corrected chi connectivity index (χ2v) is 3.35. The SMILES string of the molecule is FC(F)(F)c1cccc(OC2C[N]C2)c1. The number of rotatable bonds is 2. The highest BCUT2D eigenvalue weighted by molar-refractivity contribution is 5.30. The molecule has 0 N–H and O–H groups in total. The van der Waals surface area contributed by atoms with Crippen molar-refractivity contribution in [3.8, 4) is 5.75 Å². The van der Waals surface area contributed by atoms with E-state index in [1.54, 1.807) is 0 Å². The molecule has 81 valence electrons. The highest BCUT2D eigenvalue weighted by Crippen LogP contribution is 2.31. The quantitative estimate of drug-likeness (QED) is 0.742. The molecule has 1 fully saturated rings. The first-order valence-electron chi connectivity index (χ1n) is 4.53. The molecule has 0 bridgehead atoms. The number of ether oxygens (including phenoxy) is 1. The van der Waals surface area contributed by atoms with Gasteiger partial charge in [-0.05, 0) is 18.2 Å². The molecule has 2 nitrogen and oxygen atoms in total. The normalized spacial score (nSPS) is 17.3. The summed E-state index contributed by atoms with van der Waals surface area (Å²) in [6, 6.07) is 4.90. The Labute approximate surface area is 85.0 Å². The van der Waals surface area contributed by atoms with Gasteiger partial charge in [-0.1, -0.05) is 6.07 Å². The van der Waals surface area contributed by atoms with Crippen molar-refractivity contribution in [2.24, 2.45) is 0 Å². The third kappa shape index (κ3) is 2.41. The molecule has 0 amide bonds. The van der Waals surface area contributed by atoms with Crippen LogP contribution in [0, 0.1) is 0 Å². The molecular formula is C10H9F3NO. The largest absolute Gasteiger partial charge is 0.488 e. The summed E-state index contributed by atoms with van der Waals surface area (Å²) in [6.45, 7) is 1.13. The zero-order valence-electron chi connectivity index (χ0n) is 7.79. The van der Waals surface area contributed by atoms with Gasteiger partial charge in [-0.15, -0.1) is 0 Å². The molecule has 0 spiro atoms. The van der Waals surface area contributed by atoms with Gasteiger partial charge in [-0.25, -0.2) is 5.32 Å². The van der Waals surface area contributed by atoms with E-state index in [1.165, 1.54) is 12.1 Å². The van der Waals surface area contributed by atoms with Gasteiger partial charge in [0, 0.05) is 0 Å². The molecule has 1 aliphatic heterocycles. The van der Waals surface area contributed by atoms with Crippen molar-refractivity contribution in [1.29, 1.82) is 0 Å². The van der Waals surface area contributed by atoms with Crippen LogP contribution in [-0.2, 0) is 6.18 Å². The molecule has 1 heterocycles. The first-order chi connectivity index (χ1) is 7.05. The minimum Gasteiger partial charge on any atom is -0.488 e. The summed E-state index contributed by atoms with van der Waals surface area (Å²) in [5.74, 6) is 0.254. The second kappa shape index (κ2) is 3.73. The predicted molar refractivity (Wildman–Crippen MR) is 47.7 cm³/mol. The van der Waals surface area contributed by atoms with Crippen LogP contribution in [0.5, 0.6) is 5.75 Å². The standard InChI is InChI=1S/C10H9F3NO/c11-10(12,13)7-2-1-3-8(4-7)15-9-5-14-6-9/h1-4,9H,5-6H2. The molecule has 0 unspecified atom stereocenters. The first kappa shape index (κ1) is 10.3. The summed E-state index contributed by atoms with van der Waals surface area (Å²) in [5.41, 5.74) is -0.684. The first-order valence-corrected chi connectivity index (χ1v) is 4.53. The van der Waals surface area contributed by atoms with Gasteiger partial charge in [-0.2, -0.15) is 13.2 Å². The molecule has 1 radical (unpaired) electrons. The molecule has 0 atom stereocenters. The Bertz CT molecular complexity index is 347. The zero-order valence-corrected chi connectivity index (χ0v) is 7.79. The summed E-state index contributed by atoms with van der Waals surface area (Å²) < 4.78 is 42.3. The van der Waals surface area contributed by atoms with Crippen LogP contribution in [0.25, 0.3) is 0 Å². The molecule has 0 aliphatic carbocycles. The lowest BCUT2D eigenvalue weighted by atomic mass is 10.2. The van der Waals surface area contributed by atoms with Crippen LogP contribution in [-0.4, -0.2) is 19.2 Å². The maximum absolute atomic E-state index is 12.3. The number of benzene rings is 1. The molecule has 0 aromatic heterocycles. The molecule has 1 saturated heterocycles. The summed E-state index contributed by atoms with van der Waals surface area (Å²) in [5, 5.41) is 3.92. The van der Waals surface area contributed by atoms with Gasteiger partial charge in [0.1, 0.15) is 11.9 Å². The maximum atomic E-state index is 12.3. The van der Waals surface area contributed by atoms with Crippen LogP contribution in [0.2, 0.25) is 0 Å². The Morgan fingerprint density at radius 2 is 2.00 bits per heavy atom. The average Bonchev–Trinajstić information content (AvgIpc) is 2.11. The maximum Gasteiger partial charge on any atom is 0.416 e. The molecule has 0 saturated carbocycles. The van der Waals surface area contributed by atoms with Gasteiger partial charge in [0.15, 0.2) is 0 Å². The fourth-order valence-corrected chi connectivity index (χ4v) is 1.25. The van der Waals surface area contributed by atoms with Crippen LogP contribution in [0.3, 0.4) is 0 Å². The highest BCUT2D eigenvalue weighted by Gasteiger charge is 2.31. The van der Waals surface area contributed by atoms with Crippen molar-refractivity contribution >= 4 is 0 Å². The van der Waals surface area contributed by atoms with E-state index in [9.17, 15) is 13.2 Å². The van der Waals surface area contributed by atoms with Crippen molar-refractivity contribution in [3.63, 3.8) is 0 Å². The number of nitrogens with zero attached hydrogens (tertiary/aromatic N) is 1. The van der Waals surface area contributed by atoms with Gasteiger partial charge in [-0.3, -0.25) is 0 Å². The Balaban J connectivity index is 2.11. The van der Waals surface area contributed by atoms with E-state index in [4.69, 9.17) is 4.74 Å². The van der Waals surface area contributed by atoms with Crippen molar-refractivity contribution < 1.29 is 17.9 Å². The van der Waals surface area contributed by atoms with E-state index in [0.29, 0.717) is 13.1 Å². The van der Waals surface area contributed by atoms with E-state index in [2.05, 4.69) is 5.32 Å². The summed E-state index contributed by atoms with van der Waals surface area (Å²) >= 11 is 0. The molecule has 1 aromatic rings. The Morgan fingerprint density at radius 1 is 1.27 bits per heavy atom. The molecule has 5 heteroatoms. The predicted octanol–water partition coefficient (Wildman–Crippen LogP) is 2.07. The fourth-order valence-electron chi connectivity index (χ4n) is 1.25. The summed E-state index contributed by atoms with van der Waals surface area (Å²) in [7, 11) is 0. The van der Waals surface area contributed by atoms with Crippen LogP contribution in [0.4, 0.5) is 13.2 Å². The topological polar surface area (TPSA) is 23.3 Å². The van der Waals surface area contributed by atoms with Crippen molar-refractivity contribution in [1.82, 2.24) is 5.32 Å². The van der Waals surface area contributed by atoms with E-state index in [-0.39, 0.29) is 11.9 Å². The van der Waals surface area contributed by atoms with Crippen LogP contribution >= 0.6 is 0 Å². The number of alkyl halides is 3. The van der Waals surface area contributed by atoms with Gasteiger partial charge in [0.25, 0.3) is 0 Å². The van der Waals surface area contributed by atoms with Crippen molar-refractivity contribution in [2.75, 3.05) is 13.1 Å². The van der Waals surface area contributed by atoms with Crippen LogP contribution < -0.4 is 10.1 Å². The van der Waals surface area contributed by atoms with Crippen LogP contribution in [0.15, 0.2) is 24.3 Å². The van der Waals surface area contributed by atoms with Gasteiger partial charge >= 0.3 is 6.18 Å². The summed E-state index contributed by atoms with van der Waals surface area (Å²) in [6.07, 6.45) is -4.38. The Kier molecular flexibility index (Phi) is 2.56. The lowest BCUT2D eigenvalue weighted by Gasteiger charge is -2.26. The van der Waals surface area contributed by atoms with Crippen molar-refractivity contribution in [3.05, 3.63) is 29.8 Å². The van der Waals surface area contributed by atoms with Gasteiger partial charge in [0.05, 0.1) is 18.7 Å². The Hall–Kier alpha value is -1.23. The lowest BCUT2D eigenvalue weighted by Crippen LogP contribution is -2.45. The van der Waals surface area contributed by atoms with Gasteiger partial charge < -0.3 is 4.74 Å². The van der Waals surface area contributed by atoms with E-state index >= 15 is 0 Å². The summed E-state index contributed by atoms with van der Waals surface area (Å²) in [4.78, 5) is 0. The van der Waals surface area contributed by atoms with E-state index in [0.717, 1.165) is 12.1 Å². The highest BCUT2D eigenvalue weighted by atomic mass is 19.4.